The number of carbonyl (C=O) groups is 4. The highest BCUT2D eigenvalue weighted by molar-refractivity contribution is 8.00. The molecule has 1 unspecified atom stereocenters. The van der Waals surface area contributed by atoms with Gasteiger partial charge in [0, 0.05) is 26.6 Å². The molecule has 1 aromatic heterocycles. The van der Waals surface area contributed by atoms with E-state index in [0.29, 0.717) is 45.3 Å². The highest BCUT2D eigenvalue weighted by Crippen LogP contribution is 2.39. The van der Waals surface area contributed by atoms with E-state index in [9.17, 15) is 19.2 Å². The highest BCUT2D eigenvalue weighted by atomic mass is 32.2. The molecule has 1 aliphatic rings. The maximum absolute atomic E-state index is 13.8. The van der Waals surface area contributed by atoms with Crippen molar-refractivity contribution in [2.24, 2.45) is 0 Å². The zero-order valence-electron chi connectivity index (χ0n) is 29.0. The van der Waals surface area contributed by atoms with Crippen molar-refractivity contribution in [2.75, 3.05) is 31.5 Å². The Labute approximate surface area is 306 Å². The Hall–Kier alpha value is -5.07. The number of amides is 3. The number of nitrogens with one attached hydrogen (secondary N) is 3. The SMILES string of the molecule is CCOC(=O)c1c(NC(=O)C(CC)Sc2cccc(NC(=O)/C(=C\c3cc(OC)ccc3OC)NC(=O)c3ccccc3)c2)sc2c1CCCC2. The number of methoxy groups -OCH3 is 2. The molecule has 4 aromatic rings. The molecule has 51 heavy (non-hydrogen) atoms. The van der Waals surface area contributed by atoms with Crippen LogP contribution < -0.4 is 25.4 Å². The summed E-state index contributed by atoms with van der Waals surface area (Å²) in [5.74, 6) is -0.626. The number of benzene rings is 3. The highest BCUT2D eigenvalue weighted by Gasteiger charge is 2.29. The van der Waals surface area contributed by atoms with Gasteiger partial charge in [-0.2, -0.15) is 0 Å². The van der Waals surface area contributed by atoms with Crippen LogP contribution in [0.4, 0.5) is 10.7 Å². The van der Waals surface area contributed by atoms with Crippen molar-refractivity contribution >= 4 is 63.6 Å². The quantitative estimate of drug-likeness (QED) is 0.0683. The van der Waals surface area contributed by atoms with Gasteiger partial charge in [-0.25, -0.2) is 4.79 Å². The van der Waals surface area contributed by atoms with Crippen LogP contribution >= 0.6 is 23.1 Å². The standard InChI is InChI=1S/C39H41N3O7S2/c1-5-32(37(45)42-38-34(39(46)49-6-2)29-17-10-11-18-33(29)51-38)50-28-16-12-15-26(23-28)40-36(44)30(41-35(43)24-13-8-7-9-14-24)22-25-21-27(47-3)19-20-31(25)48-4/h7-9,12-16,19-23,32H,5-6,10-11,17-18H2,1-4H3,(H,40,44)(H,41,43)(H,42,45)/b30-22+. The lowest BCUT2D eigenvalue weighted by atomic mass is 9.95. The Morgan fingerprint density at radius 1 is 0.902 bits per heavy atom. The molecule has 0 bridgehead atoms. The van der Waals surface area contributed by atoms with Gasteiger partial charge in [0.1, 0.15) is 22.2 Å². The lowest BCUT2D eigenvalue weighted by Gasteiger charge is -2.16. The second kappa shape index (κ2) is 17.7. The second-order valence-electron chi connectivity index (χ2n) is 11.6. The van der Waals surface area contributed by atoms with E-state index in [1.165, 1.54) is 43.4 Å². The van der Waals surface area contributed by atoms with Crippen LogP contribution in [0.2, 0.25) is 0 Å². The van der Waals surface area contributed by atoms with E-state index in [0.717, 1.165) is 41.0 Å². The van der Waals surface area contributed by atoms with Crippen LogP contribution in [0.1, 0.15) is 69.8 Å². The molecule has 0 aliphatic heterocycles. The van der Waals surface area contributed by atoms with E-state index in [1.54, 1.807) is 73.7 Å². The summed E-state index contributed by atoms with van der Waals surface area (Å²) in [6, 6.07) is 20.9. The Balaban J connectivity index is 1.35. The van der Waals surface area contributed by atoms with Gasteiger partial charge in [0.2, 0.25) is 5.91 Å². The van der Waals surface area contributed by atoms with Crippen molar-refractivity contribution in [3.63, 3.8) is 0 Å². The third-order valence-corrected chi connectivity index (χ3v) is 10.8. The number of aryl methyl sites for hydroxylation is 1. The van der Waals surface area contributed by atoms with Crippen molar-refractivity contribution in [3.05, 3.63) is 106 Å². The molecule has 1 aliphatic carbocycles. The van der Waals surface area contributed by atoms with E-state index < -0.39 is 23.0 Å². The van der Waals surface area contributed by atoms with E-state index in [2.05, 4.69) is 16.0 Å². The molecular formula is C39H41N3O7S2. The summed E-state index contributed by atoms with van der Waals surface area (Å²) in [5, 5.41) is 8.72. The molecule has 1 atom stereocenters. The summed E-state index contributed by atoms with van der Waals surface area (Å²) in [6.45, 7) is 3.95. The van der Waals surface area contributed by atoms with E-state index in [4.69, 9.17) is 14.2 Å². The molecule has 266 valence electrons. The monoisotopic (exact) mass is 727 g/mol. The van der Waals surface area contributed by atoms with Crippen LogP contribution in [0.3, 0.4) is 0 Å². The first-order chi connectivity index (χ1) is 24.7. The summed E-state index contributed by atoms with van der Waals surface area (Å²) in [4.78, 5) is 55.4. The van der Waals surface area contributed by atoms with Crippen molar-refractivity contribution in [1.82, 2.24) is 5.32 Å². The Kier molecular flexibility index (Phi) is 12.9. The van der Waals surface area contributed by atoms with Crippen molar-refractivity contribution < 1.29 is 33.4 Å². The van der Waals surface area contributed by atoms with Gasteiger partial charge in [-0.15, -0.1) is 23.1 Å². The van der Waals surface area contributed by atoms with Crippen LogP contribution in [0.25, 0.3) is 6.08 Å². The van der Waals surface area contributed by atoms with Crippen molar-refractivity contribution in [1.29, 1.82) is 0 Å². The summed E-state index contributed by atoms with van der Waals surface area (Å²) < 4.78 is 16.2. The minimum Gasteiger partial charge on any atom is -0.497 e. The Morgan fingerprint density at radius 3 is 2.41 bits per heavy atom. The number of anilines is 2. The number of thiophene rings is 1. The maximum Gasteiger partial charge on any atom is 0.341 e. The number of hydrogen-bond donors (Lipinski definition) is 3. The molecule has 12 heteroatoms. The predicted octanol–water partition coefficient (Wildman–Crippen LogP) is 7.74. The zero-order chi connectivity index (χ0) is 36.3. The van der Waals surface area contributed by atoms with Gasteiger partial charge in [0.15, 0.2) is 0 Å². The molecule has 1 heterocycles. The fourth-order valence-corrected chi connectivity index (χ4v) is 7.94. The van der Waals surface area contributed by atoms with Crippen LogP contribution in [0.5, 0.6) is 11.5 Å². The first-order valence-electron chi connectivity index (χ1n) is 16.7. The van der Waals surface area contributed by atoms with Crippen LogP contribution in [0, 0.1) is 0 Å². The molecular weight excluding hydrogens is 687 g/mol. The normalized spacial score (nSPS) is 13.0. The molecule has 0 fully saturated rings. The van der Waals surface area contributed by atoms with E-state index >= 15 is 0 Å². The number of carbonyl (C=O) groups excluding carboxylic acids is 4. The first kappa shape index (κ1) is 37.2. The predicted molar refractivity (Wildman–Crippen MR) is 202 cm³/mol. The topological polar surface area (TPSA) is 132 Å². The molecule has 3 amide bonds. The lowest BCUT2D eigenvalue weighted by molar-refractivity contribution is -0.116. The van der Waals surface area contributed by atoms with Gasteiger partial charge in [-0.05, 0) is 99.2 Å². The van der Waals surface area contributed by atoms with E-state index in [1.807, 2.05) is 13.0 Å². The van der Waals surface area contributed by atoms with Crippen LogP contribution in [-0.4, -0.2) is 49.8 Å². The molecule has 3 aromatic carbocycles. The largest absolute Gasteiger partial charge is 0.497 e. The van der Waals surface area contributed by atoms with Crippen molar-refractivity contribution in [2.45, 2.75) is 56.1 Å². The number of ether oxygens (including phenoxy) is 3. The molecule has 0 saturated carbocycles. The van der Waals surface area contributed by atoms with Gasteiger partial charge >= 0.3 is 5.97 Å². The minimum atomic E-state index is -0.566. The molecule has 0 saturated heterocycles. The summed E-state index contributed by atoms with van der Waals surface area (Å²) in [5.41, 5.74) is 2.82. The average Bonchev–Trinajstić information content (AvgIpc) is 3.51. The van der Waals surface area contributed by atoms with Crippen LogP contribution in [-0.2, 0) is 27.2 Å². The maximum atomic E-state index is 13.8. The van der Waals surface area contributed by atoms with Gasteiger partial charge in [-0.1, -0.05) is 31.2 Å². The Bertz CT molecular complexity index is 1920. The number of rotatable bonds is 14. The van der Waals surface area contributed by atoms with Gasteiger partial charge in [0.05, 0.1) is 31.6 Å². The fraction of sp³-hybridized carbons (Fsp3) is 0.282. The third-order valence-electron chi connectivity index (χ3n) is 8.19. The zero-order valence-corrected chi connectivity index (χ0v) is 30.6. The molecule has 0 spiro atoms. The van der Waals surface area contributed by atoms with E-state index in [-0.39, 0.29) is 18.2 Å². The minimum absolute atomic E-state index is 0.0182. The number of esters is 1. The lowest BCUT2D eigenvalue weighted by Crippen LogP contribution is -2.30. The second-order valence-corrected chi connectivity index (χ2v) is 14.0. The average molecular weight is 728 g/mol. The molecule has 3 N–H and O–H groups in total. The summed E-state index contributed by atoms with van der Waals surface area (Å²) in [7, 11) is 3.05. The fourth-order valence-electron chi connectivity index (χ4n) is 5.65. The van der Waals surface area contributed by atoms with Gasteiger partial charge < -0.3 is 30.2 Å². The first-order valence-corrected chi connectivity index (χ1v) is 18.4. The van der Waals surface area contributed by atoms with Crippen LogP contribution in [0.15, 0.2) is 83.4 Å². The third kappa shape index (κ3) is 9.39. The summed E-state index contributed by atoms with van der Waals surface area (Å²) in [6.07, 6.45) is 5.77. The molecule has 10 nitrogen and oxygen atoms in total. The molecule has 0 radical (unpaired) electrons. The summed E-state index contributed by atoms with van der Waals surface area (Å²) >= 11 is 2.81. The van der Waals surface area contributed by atoms with Gasteiger partial charge in [0.25, 0.3) is 11.8 Å². The number of thioether (sulfide) groups is 1. The van der Waals surface area contributed by atoms with Crippen molar-refractivity contribution in [3.8, 4) is 11.5 Å². The Morgan fingerprint density at radius 2 is 1.69 bits per heavy atom. The number of fused-ring (bicyclic) bond motifs is 1. The smallest absolute Gasteiger partial charge is 0.341 e. The molecule has 5 rings (SSSR count). The van der Waals surface area contributed by atoms with Gasteiger partial charge in [-0.3, -0.25) is 14.4 Å². The number of hydrogen-bond acceptors (Lipinski definition) is 9.